The Kier molecular flexibility index (Phi) is 4.76. The van der Waals surface area contributed by atoms with Crippen LogP contribution in [0.25, 0.3) is 0 Å². The maximum atomic E-state index is 6.10. The Bertz CT molecular complexity index is 451. The van der Waals surface area contributed by atoms with Crippen LogP contribution < -0.4 is 5.73 Å². The lowest BCUT2D eigenvalue weighted by molar-refractivity contribution is 0.176. The predicted molar refractivity (Wildman–Crippen MR) is 86.7 cm³/mol. The summed E-state index contributed by atoms with van der Waals surface area (Å²) in [6.07, 6.45) is 3.98. The van der Waals surface area contributed by atoms with Crippen molar-refractivity contribution in [2.45, 2.75) is 31.3 Å². The van der Waals surface area contributed by atoms with Gasteiger partial charge in [-0.1, -0.05) is 28.1 Å². The number of halogens is 1. The Balaban J connectivity index is 1.78. The summed E-state index contributed by atoms with van der Waals surface area (Å²) < 4.78 is 1.14. The molecule has 2 atom stereocenters. The average molecular weight is 338 g/mol. The first-order chi connectivity index (χ1) is 9.78. The quantitative estimate of drug-likeness (QED) is 0.920. The minimum absolute atomic E-state index is 0.355. The fraction of sp³-hybridized carbons (Fsp3) is 0.625. The molecule has 110 valence electrons. The van der Waals surface area contributed by atoms with Gasteiger partial charge in [0.25, 0.3) is 0 Å². The molecule has 0 radical (unpaired) electrons. The van der Waals surface area contributed by atoms with Crippen LogP contribution in [0.5, 0.6) is 0 Å². The molecule has 3 nitrogen and oxygen atoms in total. The first-order valence-electron chi connectivity index (χ1n) is 7.71. The predicted octanol–water partition coefficient (Wildman–Crippen LogP) is 2.62. The van der Waals surface area contributed by atoms with Gasteiger partial charge in [0.15, 0.2) is 0 Å². The Morgan fingerprint density at radius 2 is 2.10 bits per heavy atom. The number of hydrogen-bond donors (Lipinski definition) is 1. The Hall–Kier alpha value is -0.420. The molecule has 0 aromatic heterocycles. The van der Waals surface area contributed by atoms with E-state index in [1.54, 1.807) is 0 Å². The van der Waals surface area contributed by atoms with Gasteiger partial charge in [-0.25, -0.2) is 0 Å². The number of hydrogen-bond acceptors (Lipinski definition) is 3. The highest BCUT2D eigenvalue weighted by atomic mass is 79.9. The van der Waals surface area contributed by atoms with Gasteiger partial charge in [-0.15, -0.1) is 0 Å². The van der Waals surface area contributed by atoms with Gasteiger partial charge in [0, 0.05) is 36.2 Å². The molecule has 0 bridgehead atoms. The topological polar surface area (TPSA) is 32.5 Å². The molecule has 2 N–H and O–H groups in total. The molecule has 2 aliphatic rings. The lowest BCUT2D eigenvalue weighted by Crippen LogP contribution is -2.40. The second-order valence-electron chi connectivity index (χ2n) is 5.99. The molecule has 0 saturated carbocycles. The maximum absolute atomic E-state index is 6.10. The molecule has 0 aliphatic carbocycles. The van der Waals surface area contributed by atoms with Gasteiger partial charge in [-0.05, 0) is 50.0 Å². The van der Waals surface area contributed by atoms with E-state index in [0.29, 0.717) is 12.6 Å². The van der Waals surface area contributed by atoms with Gasteiger partial charge >= 0.3 is 0 Å². The van der Waals surface area contributed by atoms with Crippen LogP contribution in [0.15, 0.2) is 28.7 Å². The summed E-state index contributed by atoms with van der Waals surface area (Å²) in [7, 11) is 0. The summed E-state index contributed by atoms with van der Waals surface area (Å²) in [5, 5.41) is 0. The number of benzene rings is 1. The van der Waals surface area contributed by atoms with Crippen LogP contribution in [0, 0.1) is 0 Å². The van der Waals surface area contributed by atoms with E-state index in [9.17, 15) is 0 Å². The molecule has 2 aliphatic heterocycles. The summed E-state index contributed by atoms with van der Waals surface area (Å²) in [5.74, 6) is 0. The molecule has 3 rings (SSSR count). The largest absolute Gasteiger partial charge is 0.329 e. The molecule has 2 saturated heterocycles. The number of nitrogens with two attached hydrogens (primary N) is 1. The van der Waals surface area contributed by atoms with E-state index in [1.165, 1.54) is 51.0 Å². The van der Waals surface area contributed by atoms with Crippen molar-refractivity contribution in [1.29, 1.82) is 0 Å². The molecule has 1 aromatic carbocycles. The second-order valence-corrected chi connectivity index (χ2v) is 6.90. The Labute approximate surface area is 130 Å². The lowest BCUT2D eigenvalue weighted by Gasteiger charge is -2.32. The van der Waals surface area contributed by atoms with Crippen molar-refractivity contribution in [3.05, 3.63) is 34.3 Å². The maximum Gasteiger partial charge on any atom is 0.0471 e. The third kappa shape index (κ3) is 3.08. The minimum atomic E-state index is 0.355. The zero-order valence-corrected chi connectivity index (χ0v) is 13.6. The summed E-state index contributed by atoms with van der Waals surface area (Å²) in [6.45, 7) is 5.60. The minimum Gasteiger partial charge on any atom is -0.329 e. The molecule has 2 heterocycles. The molecule has 4 heteroatoms. The van der Waals surface area contributed by atoms with Crippen LogP contribution in [-0.2, 0) is 0 Å². The van der Waals surface area contributed by atoms with Crippen LogP contribution in [0.3, 0.4) is 0 Å². The highest BCUT2D eigenvalue weighted by Gasteiger charge is 2.31. The molecule has 1 aromatic rings. The normalized spacial score (nSPS) is 26.2. The highest BCUT2D eigenvalue weighted by Crippen LogP contribution is 2.28. The van der Waals surface area contributed by atoms with E-state index in [1.807, 2.05) is 0 Å². The molecule has 0 spiro atoms. The molecular weight excluding hydrogens is 314 g/mol. The van der Waals surface area contributed by atoms with Crippen molar-refractivity contribution >= 4 is 15.9 Å². The molecular formula is C16H24BrN3. The smallest absolute Gasteiger partial charge is 0.0471 e. The number of fused-ring (bicyclic) bond motifs is 1. The standard InChI is InChI=1S/C16H24BrN3/c17-14-5-1-4-13(10-14)16(11-18)20-9-3-8-19-7-2-6-15(19)12-20/h1,4-5,10,15-16H,2-3,6-9,11-12,18H2. The van der Waals surface area contributed by atoms with Crippen LogP contribution in [-0.4, -0.2) is 48.6 Å². The van der Waals surface area contributed by atoms with Crippen molar-refractivity contribution < 1.29 is 0 Å². The van der Waals surface area contributed by atoms with Crippen LogP contribution in [0.1, 0.15) is 30.9 Å². The Morgan fingerprint density at radius 1 is 1.25 bits per heavy atom. The van der Waals surface area contributed by atoms with E-state index >= 15 is 0 Å². The zero-order valence-electron chi connectivity index (χ0n) is 12.0. The van der Waals surface area contributed by atoms with Crippen LogP contribution in [0.2, 0.25) is 0 Å². The zero-order chi connectivity index (χ0) is 13.9. The lowest BCUT2D eigenvalue weighted by atomic mass is 10.0. The van der Waals surface area contributed by atoms with E-state index in [0.717, 1.165) is 10.5 Å². The number of nitrogens with zero attached hydrogens (tertiary/aromatic N) is 2. The second kappa shape index (κ2) is 6.56. The van der Waals surface area contributed by atoms with Gasteiger partial charge < -0.3 is 5.73 Å². The summed E-state index contributed by atoms with van der Waals surface area (Å²) >= 11 is 3.58. The number of rotatable bonds is 3. The summed E-state index contributed by atoms with van der Waals surface area (Å²) in [6, 6.07) is 9.72. The molecule has 0 amide bonds. The fourth-order valence-corrected chi connectivity index (χ4v) is 4.15. The monoisotopic (exact) mass is 337 g/mol. The van der Waals surface area contributed by atoms with Crippen molar-refractivity contribution in [1.82, 2.24) is 9.80 Å². The molecule has 20 heavy (non-hydrogen) atoms. The Morgan fingerprint density at radius 3 is 2.90 bits per heavy atom. The third-order valence-electron chi connectivity index (χ3n) is 4.73. The van der Waals surface area contributed by atoms with E-state index in [4.69, 9.17) is 5.73 Å². The summed E-state index contributed by atoms with van der Waals surface area (Å²) in [5.41, 5.74) is 7.44. The van der Waals surface area contributed by atoms with Gasteiger partial charge in [0.1, 0.15) is 0 Å². The van der Waals surface area contributed by atoms with Gasteiger partial charge in [0.2, 0.25) is 0 Å². The molecule has 2 unspecified atom stereocenters. The van der Waals surface area contributed by atoms with Gasteiger partial charge in [0.05, 0.1) is 0 Å². The highest BCUT2D eigenvalue weighted by molar-refractivity contribution is 9.10. The third-order valence-corrected chi connectivity index (χ3v) is 5.23. The fourth-order valence-electron chi connectivity index (χ4n) is 3.73. The average Bonchev–Trinajstić information content (AvgIpc) is 2.78. The van der Waals surface area contributed by atoms with Crippen LogP contribution >= 0.6 is 15.9 Å². The van der Waals surface area contributed by atoms with E-state index in [2.05, 4.69) is 50.0 Å². The summed E-state index contributed by atoms with van der Waals surface area (Å²) in [4.78, 5) is 5.28. The van der Waals surface area contributed by atoms with Crippen LogP contribution in [0.4, 0.5) is 0 Å². The first-order valence-corrected chi connectivity index (χ1v) is 8.51. The van der Waals surface area contributed by atoms with E-state index < -0.39 is 0 Å². The molecule has 2 fully saturated rings. The van der Waals surface area contributed by atoms with E-state index in [-0.39, 0.29) is 0 Å². The van der Waals surface area contributed by atoms with Crippen molar-refractivity contribution in [2.75, 3.05) is 32.7 Å². The van der Waals surface area contributed by atoms with Crippen molar-refractivity contribution in [3.63, 3.8) is 0 Å². The van der Waals surface area contributed by atoms with Gasteiger partial charge in [-0.2, -0.15) is 0 Å². The SMILES string of the molecule is NCC(c1cccc(Br)c1)N1CCCN2CCCC2C1. The first kappa shape index (κ1) is 14.5. The van der Waals surface area contributed by atoms with Crippen molar-refractivity contribution in [3.8, 4) is 0 Å². The van der Waals surface area contributed by atoms with Crippen molar-refractivity contribution in [2.24, 2.45) is 5.73 Å². The van der Waals surface area contributed by atoms with Gasteiger partial charge in [-0.3, -0.25) is 9.80 Å².